The zero-order valence-electron chi connectivity index (χ0n) is 11.5. The molecule has 19 heavy (non-hydrogen) atoms. The van der Waals surface area contributed by atoms with E-state index in [0.717, 1.165) is 25.7 Å². The van der Waals surface area contributed by atoms with Crippen LogP contribution in [-0.2, 0) is 0 Å². The number of hydrogen-bond acceptors (Lipinski definition) is 5. The van der Waals surface area contributed by atoms with Crippen LogP contribution in [0.25, 0.3) is 0 Å². The van der Waals surface area contributed by atoms with Gasteiger partial charge in [-0.25, -0.2) is 0 Å². The Morgan fingerprint density at radius 3 is 2.63 bits per heavy atom. The summed E-state index contributed by atoms with van der Waals surface area (Å²) in [5, 5.41) is 13.7. The van der Waals surface area contributed by atoms with Gasteiger partial charge < -0.3 is 20.9 Å². The van der Waals surface area contributed by atoms with Gasteiger partial charge in [-0.15, -0.1) is 0 Å². The van der Waals surface area contributed by atoms with Gasteiger partial charge in [-0.05, 0) is 25.0 Å². The maximum Gasteiger partial charge on any atom is 0.238 e. The predicted octanol–water partition coefficient (Wildman–Crippen LogP) is 2.17. The number of ether oxygens (including phenoxy) is 1. The van der Waals surface area contributed by atoms with Crippen molar-refractivity contribution in [1.29, 1.82) is 0 Å². The highest BCUT2D eigenvalue weighted by Crippen LogP contribution is 2.27. The lowest BCUT2D eigenvalue weighted by Crippen LogP contribution is -2.36. The number of hydrogen-bond donors (Lipinski definition) is 3. The summed E-state index contributed by atoms with van der Waals surface area (Å²) in [7, 11) is 1.54. The van der Waals surface area contributed by atoms with Crippen LogP contribution in [0.5, 0.6) is 5.88 Å². The minimum atomic E-state index is -0.618. The molecule has 5 heteroatoms. The molecule has 4 N–H and O–H groups in total. The molecular weight excluding hydrogens is 242 g/mol. The molecule has 1 saturated carbocycles. The van der Waals surface area contributed by atoms with E-state index < -0.39 is 5.60 Å². The molecule has 0 aromatic carbocycles. The van der Waals surface area contributed by atoms with E-state index in [4.69, 9.17) is 10.5 Å². The first-order valence-corrected chi connectivity index (χ1v) is 6.90. The quantitative estimate of drug-likeness (QED) is 0.727. The van der Waals surface area contributed by atoms with Gasteiger partial charge in [-0.1, -0.05) is 25.7 Å². The Morgan fingerprint density at radius 2 is 2.00 bits per heavy atom. The predicted molar refractivity (Wildman–Crippen MR) is 76.3 cm³/mol. The molecule has 5 nitrogen and oxygen atoms in total. The second-order valence-electron chi connectivity index (χ2n) is 5.29. The van der Waals surface area contributed by atoms with E-state index in [1.54, 1.807) is 19.2 Å². The van der Waals surface area contributed by atoms with Crippen molar-refractivity contribution in [2.75, 3.05) is 24.7 Å². The second kappa shape index (κ2) is 6.10. The summed E-state index contributed by atoms with van der Waals surface area (Å²) in [4.78, 5) is 4.26. The maximum absolute atomic E-state index is 10.5. The number of rotatable bonds is 4. The highest BCUT2D eigenvalue weighted by Gasteiger charge is 2.27. The van der Waals surface area contributed by atoms with Crippen molar-refractivity contribution in [1.82, 2.24) is 4.98 Å². The molecule has 1 aromatic heterocycles. The molecule has 0 atom stereocenters. The molecule has 0 radical (unpaired) electrons. The van der Waals surface area contributed by atoms with Crippen molar-refractivity contribution in [2.24, 2.45) is 0 Å². The maximum atomic E-state index is 10.5. The van der Waals surface area contributed by atoms with Crippen LogP contribution in [0, 0.1) is 0 Å². The zero-order chi connectivity index (χ0) is 13.7. The largest absolute Gasteiger partial charge is 0.479 e. The lowest BCUT2D eigenvalue weighted by atomic mass is 9.94. The van der Waals surface area contributed by atoms with Gasteiger partial charge in [0.2, 0.25) is 5.88 Å². The van der Waals surface area contributed by atoms with E-state index in [9.17, 15) is 5.11 Å². The number of nitrogens with one attached hydrogen (secondary N) is 1. The van der Waals surface area contributed by atoms with Crippen molar-refractivity contribution in [3.05, 3.63) is 12.1 Å². The molecule has 1 aliphatic carbocycles. The molecular formula is C14H23N3O2. The van der Waals surface area contributed by atoms with Crippen LogP contribution in [0.15, 0.2) is 12.1 Å². The molecule has 0 amide bonds. The molecule has 1 aromatic rings. The van der Waals surface area contributed by atoms with Crippen LogP contribution in [0.1, 0.15) is 38.5 Å². The molecule has 0 unspecified atom stereocenters. The minimum absolute atomic E-state index is 0.415. The summed E-state index contributed by atoms with van der Waals surface area (Å²) in [6.45, 7) is 0.521. The van der Waals surface area contributed by atoms with Crippen LogP contribution >= 0.6 is 0 Å². The van der Waals surface area contributed by atoms with Crippen LogP contribution in [-0.4, -0.2) is 29.3 Å². The molecule has 0 saturated heterocycles. The minimum Gasteiger partial charge on any atom is -0.479 e. The van der Waals surface area contributed by atoms with Crippen molar-refractivity contribution < 1.29 is 9.84 Å². The smallest absolute Gasteiger partial charge is 0.238 e. The molecule has 2 rings (SSSR count). The SMILES string of the molecule is COc1nc(NCC2(O)CCCCCC2)ccc1N. The summed E-state index contributed by atoms with van der Waals surface area (Å²) >= 11 is 0. The van der Waals surface area contributed by atoms with E-state index in [1.165, 1.54) is 12.8 Å². The molecule has 0 aliphatic heterocycles. The monoisotopic (exact) mass is 265 g/mol. The van der Waals surface area contributed by atoms with E-state index >= 15 is 0 Å². The van der Waals surface area contributed by atoms with Gasteiger partial charge in [0.05, 0.1) is 18.4 Å². The third-order valence-electron chi connectivity index (χ3n) is 3.72. The number of nitrogen functional groups attached to an aromatic ring is 1. The molecule has 1 fully saturated rings. The van der Waals surface area contributed by atoms with Crippen molar-refractivity contribution >= 4 is 11.5 Å². The fraction of sp³-hybridized carbons (Fsp3) is 0.643. The molecule has 0 spiro atoms. The second-order valence-corrected chi connectivity index (χ2v) is 5.29. The summed E-state index contributed by atoms with van der Waals surface area (Å²) < 4.78 is 5.08. The fourth-order valence-electron chi connectivity index (χ4n) is 2.53. The van der Waals surface area contributed by atoms with Gasteiger partial charge in [0.1, 0.15) is 5.82 Å². The molecule has 1 aliphatic rings. The number of aliphatic hydroxyl groups is 1. The van der Waals surface area contributed by atoms with Gasteiger partial charge in [0.15, 0.2) is 0 Å². The van der Waals surface area contributed by atoms with Gasteiger partial charge >= 0.3 is 0 Å². The van der Waals surface area contributed by atoms with E-state index in [0.29, 0.717) is 23.9 Å². The van der Waals surface area contributed by atoms with E-state index in [1.807, 2.05) is 0 Å². The van der Waals surface area contributed by atoms with Crippen molar-refractivity contribution in [3.63, 3.8) is 0 Å². The van der Waals surface area contributed by atoms with Crippen LogP contribution in [0.2, 0.25) is 0 Å². The van der Waals surface area contributed by atoms with Gasteiger partial charge in [0.25, 0.3) is 0 Å². The van der Waals surface area contributed by atoms with E-state index in [2.05, 4.69) is 10.3 Å². The first-order valence-electron chi connectivity index (χ1n) is 6.90. The van der Waals surface area contributed by atoms with Crippen molar-refractivity contribution in [3.8, 4) is 5.88 Å². The average Bonchev–Trinajstić information content (AvgIpc) is 2.63. The Balaban J connectivity index is 1.97. The lowest BCUT2D eigenvalue weighted by Gasteiger charge is -2.27. The van der Waals surface area contributed by atoms with Crippen LogP contribution in [0.3, 0.4) is 0 Å². The Bertz CT molecular complexity index is 415. The van der Waals surface area contributed by atoms with Crippen LogP contribution < -0.4 is 15.8 Å². The number of nitrogens with two attached hydrogens (primary N) is 1. The highest BCUT2D eigenvalue weighted by molar-refractivity contribution is 5.53. The first kappa shape index (κ1) is 13.9. The van der Waals surface area contributed by atoms with E-state index in [-0.39, 0.29) is 0 Å². The summed E-state index contributed by atoms with van der Waals surface area (Å²) in [5.74, 6) is 1.10. The first-order chi connectivity index (χ1) is 9.13. The number of methoxy groups -OCH3 is 1. The average molecular weight is 265 g/mol. The summed E-state index contributed by atoms with van der Waals surface area (Å²) in [6, 6.07) is 3.56. The van der Waals surface area contributed by atoms with Crippen LogP contribution in [0.4, 0.5) is 11.5 Å². The Hall–Kier alpha value is -1.49. The number of aromatic nitrogens is 1. The molecule has 106 valence electrons. The third kappa shape index (κ3) is 3.73. The standard InChI is InChI=1S/C14H23N3O2/c1-19-13-11(15)6-7-12(17-13)16-10-14(18)8-4-2-3-5-9-14/h6-7,18H,2-5,8-10,15H2,1H3,(H,16,17). The molecule has 0 bridgehead atoms. The Kier molecular flexibility index (Phi) is 4.47. The van der Waals surface area contributed by atoms with Crippen molar-refractivity contribution in [2.45, 2.75) is 44.1 Å². The summed E-state index contributed by atoms with van der Waals surface area (Å²) in [5.41, 5.74) is 5.62. The molecule has 1 heterocycles. The van der Waals surface area contributed by atoms with Gasteiger partial charge in [-0.3, -0.25) is 0 Å². The Labute approximate surface area is 114 Å². The topological polar surface area (TPSA) is 80.4 Å². The fourth-order valence-corrected chi connectivity index (χ4v) is 2.53. The number of anilines is 2. The number of pyridine rings is 1. The van der Waals surface area contributed by atoms with Gasteiger partial charge in [-0.2, -0.15) is 4.98 Å². The van der Waals surface area contributed by atoms with Gasteiger partial charge in [0, 0.05) is 6.54 Å². The Morgan fingerprint density at radius 1 is 1.32 bits per heavy atom. The normalized spacial score (nSPS) is 18.6. The third-order valence-corrected chi connectivity index (χ3v) is 3.72. The number of nitrogens with zero attached hydrogens (tertiary/aromatic N) is 1. The zero-order valence-corrected chi connectivity index (χ0v) is 11.5. The summed E-state index contributed by atoms with van der Waals surface area (Å²) in [6.07, 6.45) is 6.33. The lowest BCUT2D eigenvalue weighted by molar-refractivity contribution is 0.0380. The highest BCUT2D eigenvalue weighted by atomic mass is 16.5.